The number of rotatable bonds is 11. The molecule has 0 aliphatic carbocycles. The number of nitrogens with one attached hydrogen (secondary N) is 4. The number of aliphatic carboxylic acids is 1. The number of benzene rings is 1. The topological polar surface area (TPSA) is 154 Å². The van der Waals surface area contributed by atoms with Gasteiger partial charge in [-0.2, -0.15) is 0 Å². The maximum atomic E-state index is 12.4. The first kappa shape index (κ1) is 22.6. The summed E-state index contributed by atoms with van der Waals surface area (Å²) in [5.74, 6) is -3.33. The van der Waals surface area contributed by atoms with Crippen LogP contribution >= 0.6 is 0 Å². The van der Waals surface area contributed by atoms with Crippen LogP contribution in [0.4, 0.5) is 0 Å². The molecule has 0 heterocycles. The van der Waals surface area contributed by atoms with Crippen molar-refractivity contribution in [1.82, 2.24) is 21.3 Å². The van der Waals surface area contributed by atoms with Gasteiger partial charge in [-0.1, -0.05) is 37.3 Å². The average Bonchev–Trinajstić information content (AvgIpc) is 2.68. The van der Waals surface area contributed by atoms with Crippen molar-refractivity contribution < 1.29 is 29.1 Å². The molecule has 0 saturated heterocycles. The van der Waals surface area contributed by atoms with Crippen molar-refractivity contribution in [3.63, 3.8) is 0 Å². The second-order valence-electron chi connectivity index (χ2n) is 5.83. The SMILES string of the molecule is CCC(=O)NCC(=O)N[C@@H](Cc1ccccc1)C(=O)NCC(=O)NCC(=O)O. The van der Waals surface area contributed by atoms with Crippen LogP contribution in [0.2, 0.25) is 0 Å². The quantitative estimate of drug-likeness (QED) is 0.311. The molecule has 0 aromatic heterocycles. The van der Waals surface area contributed by atoms with Crippen LogP contribution in [-0.2, 0) is 30.4 Å². The van der Waals surface area contributed by atoms with Crippen LogP contribution in [0, 0.1) is 0 Å². The zero-order valence-corrected chi connectivity index (χ0v) is 15.5. The molecule has 4 amide bonds. The summed E-state index contributed by atoms with van der Waals surface area (Å²) in [4.78, 5) is 57.7. The molecule has 0 fully saturated rings. The van der Waals surface area contributed by atoms with Gasteiger partial charge in [-0.05, 0) is 5.56 Å². The molecule has 10 nitrogen and oxygen atoms in total. The summed E-state index contributed by atoms with van der Waals surface area (Å²) in [6.45, 7) is 0.383. The Morgan fingerprint density at radius 2 is 1.46 bits per heavy atom. The fourth-order valence-corrected chi connectivity index (χ4v) is 2.14. The zero-order valence-electron chi connectivity index (χ0n) is 15.5. The van der Waals surface area contributed by atoms with Gasteiger partial charge in [0.25, 0.3) is 0 Å². The second-order valence-corrected chi connectivity index (χ2v) is 5.83. The molecular formula is C18H24N4O6. The standard InChI is InChI=1S/C18H24N4O6/c1-2-14(23)19-10-16(25)22-13(8-12-6-4-3-5-7-12)18(28)21-9-15(24)20-11-17(26)27/h3-7,13H,2,8-11H2,1H3,(H,19,23)(H,20,24)(H,21,28)(H,22,25)(H,26,27)/t13-/m0/s1. The van der Waals surface area contributed by atoms with Gasteiger partial charge in [0.05, 0.1) is 13.1 Å². The predicted octanol–water partition coefficient (Wildman–Crippen LogP) is -1.44. The number of hydrogen-bond acceptors (Lipinski definition) is 5. The number of carboxylic acid groups (broad SMARTS) is 1. The maximum Gasteiger partial charge on any atom is 0.322 e. The highest BCUT2D eigenvalue weighted by atomic mass is 16.4. The maximum absolute atomic E-state index is 12.4. The molecule has 0 bridgehead atoms. The van der Waals surface area contributed by atoms with Gasteiger partial charge in [0.15, 0.2) is 0 Å². The van der Waals surface area contributed by atoms with Crippen LogP contribution in [-0.4, -0.2) is 60.4 Å². The molecule has 1 aromatic rings. The van der Waals surface area contributed by atoms with Gasteiger partial charge >= 0.3 is 5.97 Å². The smallest absolute Gasteiger partial charge is 0.322 e. The van der Waals surface area contributed by atoms with Crippen molar-refractivity contribution in [2.45, 2.75) is 25.8 Å². The van der Waals surface area contributed by atoms with E-state index in [4.69, 9.17) is 5.11 Å². The highest BCUT2D eigenvalue weighted by Gasteiger charge is 2.22. The molecule has 1 atom stereocenters. The highest BCUT2D eigenvalue weighted by molar-refractivity contribution is 5.92. The summed E-state index contributed by atoms with van der Waals surface area (Å²) < 4.78 is 0. The van der Waals surface area contributed by atoms with Crippen molar-refractivity contribution in [3.05, 3.63) is 35.9 Å². The van der Waals surface area contributed by atoms with E-state index in [1.54, 1.807) is 31.2 Å². The summed E-state index contributed by atoms with van der Waals surface area (Å²) in [6, 6.07) is 7.97. The summed E-state index contributed by atoms with van der Waals surface area (Å²) >= 11 is 0. The van der Waals surface area contributed by atoms with Crippen LogP contribution in [0.1, 0.15) is 18.9 Å². The minimum absolute atomic E-state index is 0.177. The lowest BCUT2D eigenvalue weighted by atomic mass is 10.1. The Hall–Kier alpha value is -3.43. The fourth-order valence-electron chi connectivity index (χ4n) is 2.14. The third-order valence-electron chi connectivity index (χ3n) is 3.56. The van der Waals surface area contributed by atoms with Crippen LogP contribution in [0.15, 0.2) is 30.3 Å². The monoisotopic (exact) mass is 392 g/mol. The normalized spacial score (nSPS) is 11.0. The number of carbonyl (C=O) groups is 5. The number of carbonyl (C=O) groups excluding carboxylic acids is 4. The van der Waals surface area contributed by atoms with E-state index in [0.717, 1.165) is 5.56 Å². The Balaban J connectivity index is 2.66. The van der Waals surface area contributed by atoms with Crippen LogP contribution in [0.25, 0.3) is 0 Å². The first-order valence-electron chi connectivity index (χ1n) is 8.68. The van der Waals surface area contributed by atoms with Gasteiger partial charge in [-0.15, -0.1) is 0 Å². The van der Waals surface area contributed by atoms with E-state index in [-0.39, 0.29) is 25.3 Å². The summed E-state index contributed by atoms with van der Waals surface area (Å²) in [7, 11) is 0. The first-order valence-corrected chi connectivity index (χ1v) is 8.68. The minimum Gasteiger partial charge on any atom is -0.480 e. The van der Waals surface area contributed by atoms with Gasteiger partial charge in [0.1, 0.15) is 12.6 Å². The van der Waals surface area contributed by atoms with E-state index < -0.39 is 42.8 Å². The lowest BCUT2D eigenvalue weighted by Crippen LogP contribution is -2.52. The molecule has 0 aliphatic rings. The summed E-state index contributed by atoms with van der Waals surface area (Å²) in [6.07, 6.45) is 0.406. The van der Waals surface area contributed by atoms with E-state index in [1.807, 2.05) is 6.07 Å². The Morgan fingerprint density at radius 3 is 2.07 bits per heavy atom. The molecule has 10 heteroatoms. The largest absolute Gasteiger partial charge is 0.480 e. The van der Waals surface area contributed by atoms with Crippen LogP contribution in [0.5, 0.6) is 0 Å². The van der Waals surface area contributed by atoms with E-state index in [9.17, 15) is 24.0 Å². The number of carboxylic acids is 1. The van der Waals surface area contributed by atoms with Crippen molar-refractivity contribution in [2.75, 3.05) is 19.6 Å². The van der Waals surface area contributed by atoms with Crippen LogP contribution in [0.3, 0.4) is 0 Å². The molecule has 28 heavy (non-hydrogen) atoms. The van der Waals surface area contributed by atoms with Crippen molar-refractivity contribution in [2.24, 2.45) is 0 Å². The second kappa shape index (κ2) is 12.0. The van der Waals surface area contributed by atoms with Gasteiger partial charge in [0, 0.05) is 12.8 Å². The first-order chi connectivity index (χ1) is 13.3. The minimum atomic E-state index is -1.21. The molecule has 5 N–H and O–H groups in total. The summed E-state index contributed by atoms with van der Waals surface area (Å²) in [5, 5.41) is 17.9. The third-order valence-corrected chi connectivity index (χ3v) is 3.56. The van der Waals surface area contributed by atoms with E-state index in [1.165, 1.54) is 0 Å². The third kappa shape index (κ3) is 9.32. The molecule has 0 aliphatic heterocycles. The lowest BCUT2D eigenvalue weighted by molar-refractivity contribution is -0.138. The van der Waals surface area contributed by atoms with E-state index in [0.29, 0.717) is 0 Å². The zero-order chi connectivity index (χ0) is 20.9. The molecule has 1 rings (SSSR count). The molecule has 0 spiro atoms. The number of hydrogen-bond donors (Lipinski definition) is 5. The Labute approximate surface area is 162 Å². The van der Waals surface area contributed by atoms with Crippen molar-refractivity contribution >= 4 is 29.6 Å². The molecule has 1 aromatic carbocycles. The molecule has 0 radical (unpaired) electrons. The predicted molar refractivity (Wildman–Crippen MR) is 99.0 cm³/mol. The van der Waals surface area contributed by atoms with Crippen molar-refractivity contribution in [3.8, 4) is 0 Å². The van der Waals surface area contributed by atoms with E-state index in [2.05, 4.69) is 21.3 Å². The highest BCUT2D eigenvalue weighted by Crippen LogP contribution is 2.03. The van der Waals surface area contributed by atoms with Gasteiger partial charge in [-0.25, -0.2) is 0 Å². The lowest BCUT2D eigenvalue weighted by Gasteiger charge is -2.19. The Kier molecular flexibility index (Phi) is 9.73. The van der Waals surface area contributed by atoms with Crippen LogP contribution < -0.4 is 21.3 Å². The molecular weight excluding hydrogens is 368 g/mol. The fraction of sp³-hybridized carbons (Fsp3) is 0.389. The summed E-state index contributed by atoms with van der Waals surface area (Å²) in [5.41, 5.74) is 0.788. The molecule has 152 valence electrons. The van der Waals surface area contributed by atoms with E-state index >= 15 is 0 Å². The van der Waals surface area contributed by atoms with Gasteiger partial charge in [-0.3, -0.25) is 24.0 Å². The Bertz CT molecular complexity index is 707. The van der Waals surface area contributed by atoms with Crippen molar-refractivity contribution in [1.29, 1.82) is 0 Å². The van der Waals surface area contributed by atoms with Gasteiger partial charge < -0.3 is 26.4 Å². The Morgan fingerprint density at radius 1 is 0.857 bits per heavy atom. The van der Waals surface area contributed by atoms with Gasteiger partial charge in [0.2, 0.25) is 23.6 Å². The number of amides is 4. The molecule has 0 unspecified atom stereocenters. The average molecular weight is 392 g/mol. The molecule has 0 saturated carbocycles.